The number of rotatable bonds is 5. The molecule has 1 rings (SSSR count). The number of para-hydroxylation sites is 2. The van der Waals surface area contributed by atoms with Gasteiger partial charge in [0.2, 0.25) is 5.91 Å². The van der Waals surface area contributed by atoms with E-state index in [4.69, 9.17) is 0 Å². The van der Waals surface area contributed by atoms with Crippen molar-refractivity contribution in [3.63, 3.8) is 0 Å². The number of ether oxygens (including phenoxy) is 1. The molecule has 0 saturated heterocycles. The second-order valence-electron chi connectivity index (χ2n) is 3.45. The van der Waals surface area contributed by atoms with Crippen molar-refractivity contribution in [3.8, 4) is 5.75 Å². The van der Waals surface area contributed by atoms with Crippen molar-refractivity contribution in [1.82, 2.24) is 5.32 Å². The van der Waals surface area contributed by atoms with Crippen molar-refractivity contribution in [1.29, 1.82) is 0 Å². The number of hydrogen-bond donors (Lipinski definition) is 2. The van der Waals surface area contributed by atoms with Crippen LogP contribution in [0.25, 0.3) is 0 Å². The van der Waals surface area contributed by atoms with E-state index in [9.17, 15) is 18.0 Å². The minimum atomic E-state index is -4.79. The number of hydrogen-bond acceptors (Lipinski definition) is 3. The van der Waals surface area contributed by atoms with E-state index < -0.39 is 12.1 Å². The first-order valence-corrected chi connectivity index (χ1v) is 5.21. The van der Waals surface area contributed by atoms with Gasteiger partial charge in [0.25, 0.3) is 0 Å². The molecule has 1 amide bonds. The zero-order valence-corrected chi connectivity index (χ0v) is 9.67. The molecule has 0 bridgehead atoms. The van der Waals surface area contributed by atoms with Crippen molar-refractivity contribution in [2.45, 2.75) is 12.8 Å². The first-order chi connectivity index (χ1) is 8.42. The van der Waals surface area contributed by atoms with Gasteiger partial charge in [0.15, 0.2) is 5.75 Å². The highest BCUT2D eigenvalue weighted by atomic mass is 19.4. The van der Waals surface area contributed by atoms with Crippen molar-refractivity contribution in [2.75, 3.05) is 18.9 Å². The minimum absolute atomic E-state index is 0.00377. The van der Waals surface area contributed by atoms with E-state index in [-0.39, 0.29) is 18.0 Å². The fourth-order valence-corrected chi connectivity index (χ4v) is 1.23. The first kappa shape index (κ1) is 14.3. The van der Waals surface area contributed by atoms with E-state index in [2.05, 4.69) is 15.4 Å². The predicted octanol–water partition coefficient (Wildman–Crippen LogP) is 2.13. The van der Waals surface area contributed by atoms with E-state index in [1.165, 1.54) is 18.2 Å². The summed E-state index contributed by atoms with van der Waals surface area (Å²) >= 11 is 0. The Morgan fingerprint density at radius 1 is 1.33 bits per heavy atom. The maximum Gasteiger partial charge on any atom is 0.573 e. The maximum atomic E-state index is 12.1. The number of carbonyl (C=O) groups excluding carboxylic acids is 1. The van der Waals surface area contributed by atoms with Crippen LogP contribution in [-0.4, -0.2) is 25.9 Å². The smallest absolute Gasteiger partial charge is 0.404 e. The maximum absolute atomic E-state index is 12.1. The molecule has 0 saturated carbocycles. The van der Waals surface area contributed by atoms with Gasteiger partial charge in [-0.3, -0.25) is 4.79 Å². The van der Waals surface area contributed by atoms with E-state index >= 15 is 0 Å². The van der Waals surface area contributed by atoms with Crippen LogP contribution in [0.5, 0.6) is 5.75 Å². The summed E-state index contributed by atoms with van der Waals surface area (Å²) in [6.07, 6.45) is -4.62. The summed E-state index contributed by atoms with van der Waals surface area (Å²) in [5.41, 5.74) is -0.00377. The molecule has 0 atom stereocenters. The molecule has 0 heterocycles. The van der Waals surface area contributed by atoms with Crippen LogP contribution in [0.2, 0.25) is 0 Å². The monoisotopic (exact) mass is 262 g/mol. The average Bonchev–Trinajstić information content (AvgIpc) is 2.27. The fraction of sp³-hybridized carbons (Fsp3) is 0.364. The van der Waals surface area contributed by atoms with E-state index in [1.54, 1.807) is 7.05 Å². The van der Waals surface area contributed by atoms with Gasteiger partial charge < -0.3 is 15.4 Å². The van der Waals surface area contributed by atoms with Crippen molar-refractivity contribution >= 4 is 11.6 Å². The highest BCUT2D eigenvalue weighted by Crippen LogP contribution is 2.29. The number of benzene rings is 1. The second-order valence-corrected chi connectivity index (χ2v) is 3.45. The number of alkyl halides is 3. The Morgan fingerprint density at radius 3 is 2.61 bits per heavy atom. The third-order valence-electron chi connectivity index (χ3n) is 1.99. The van der Waals surface area contributed by atoms with Crippen molar-refractivity contribution in [2.24, 2.45) is 0 Å². The summed E-state index contributed by atoms with van der Waals surface area (Å²) in [5.74, 6) is -0.814. The molecule has 100 valence electrons. The van der Waals surface area contributed by atoms with Gasteiger partial charge in [-0.15, -0.1) is 13.2 Å². The Kier molecular flexibility index (Phi) is 4.96. The van der Waals surface area contributed by atoms with E-state index in [1.807, 2.05) is 0 Å². The molecule has 1 aromatic carbocycles. The molecular weight excluding hydrogens is 249 g/mol. The highest BCUT2D eigenvalue weighted by molar-refractivity contribution is 5.92. The summed E-state index contributed by atoms with van der Waals surface area (Å²) < 4.78 is 40.2. The Morgan fingerprint density at radius 2 is 2.00 bits per heavy atom. The van der Waals surface area contributed by atoms with Gasteiger partial charge in [0.05, 0.1) is 5.69 Å². The van der Waals surface area contributed by atoms with Crippen LogP contribution in [0.15, 0.2) is 24.3 Å². The molecule has 18 heavy (non-hydrogen) atoms. The molecule has 0 aliphatic heterocycles. The van der Waals surface area contributed by atoms with Crippen LogP contribution in [0.1, 0.15) is 6.42 Å². The van der Waals surface area contributed by atoms with E-state index in [0.717, 1.165) is 6.07 Å². The lowest BCUT2D eigenvalue weighted by Gasteiger charge is -2.13. The lowest BCUT2D eigenvalue weighted by molar-refractivity contribution is -0.274. The van der Waals surface area contributed by atoms with Crippen LogP contribution in [0.4, 0.5) is 18.9 Å². The van der Waals surface area contributed by atoms with Crippen LogP contribution in [-0.2, 0) is 4.79 Å². The molecule has 2 N–H and O–H groups in total. The van der Waals surface area contributed by atoms with Gasteiger partial charge >= 0.3 is 6.36 Å². The number of amides is 1. The SMILES string of the molecule is CNCCC(=O)Nc1ccccc1OC(F)(F)F. The van der Waals surface area contributed by atoms with Gasteiger partial charge in [-0.2, -0.15) is 0 Å². The van der Waals surface area contributed by atoms with Gasteiger partial charge in [0.1, 0.15) is 0 Å². The lowest BCUT2D eigenvalue weighted by Crippen LogP contribution is -2.21. The molecule has 0 fully saturated rings. The Labute approximate surface area is 102 Å². The van der Waals surface area contributed by atoms with Gasteiger partial charge in [-0.05, 0) is 19.2 Å². The average molecular weight is 262 g/mol. The summed E-state index contributed by atoms with van der Waals surface area (Å²) in [6, 6.07) is 5.39. The molecule has 0 spiro atoms. The largest absolute Gasteiger partial charge is 0.573 e. The first-order valence-electron chi connectivity index (χ1n) is 5.21. The molecule has 7 heteroatoms. The van der Waals surface area contributed by atoms with Crippen LogP contribution < -0.4 is 15.4 Å². The van der Waals surface area contributed by atoms with Crippen molar-refractivity contribution < 1.29 is 22.7 Å². The number of carbonyl (C=O) groups is 1. The lowest BCUT2D eigenvalue weighted by atomic mass is 10.3. The van der Waals surface area contributed by atoms with Crippen LogP contribution in [0.3, 0.4) is 0 Å². The summed E-state index contributed by atoms with van der Waals surface area (Å²) in [7, 11) is 1.67. The summed E-state index contributed by atoms with van der Waals surface area (Å²) in [4.78, 5) is 11.4. The molecule has 1 aromatic rings. The van der Waals surface area contributed by atoms with Gasteiger partial charge in [-0.1, -0.05) is 12.1 Å². The normalized spacial score (nSPS) is 11.1. The molecule has 0 unspecified atom stereocenters. The van der Waals surface area contributed by atoms with Crippen LogP contribution >= 0.6 is 0 Å². The van der Waals surface area contributed by atoms with Gasteiger partial charge in [0, 0.05) is 13.0 Å². The Bertz CT molecular complexity index is 408. The topological polar surface area (TPSA) is 50.4 Å². The Hall–Kier alpha value is -1.76. The van der Waals surface area contributed by atoms with Crippen molar-refractivity contribution in [3.05, 3.63) is 24.3 Å². The number of nitrogens with one attached hydrogen (secondary N) is 2. The molecule has 4 nitrogen and oxygen atoms in total. The quantitative estimate of drug-likeness (QED) is 0.854. The van der Waals surface area contributed by atoms with Crippen LogP contribution in [0, 0.1) is 0 Å². The molecule has 0 radical (unpaired) electrons. The van der Waals surface area contributed by atoms with E-state index in [0.29, 0.717) is 6.54 Å². The molecule has 0 aliphatic carbocycles. The molecule has 0 aromatic heterocycles. The standard InChI is InChI=1S/C11H13F3N2O2/c1-15-7-6-10(17)16-8-4-2-3-5-9(8)18-11(12,13)14/h2-5,15H,6-7H2,1H3,(H,16,17). The zero-order chi connectivity index (χ0) is 13.6. The molecule has 0 aliphatic rings. The second kappa shape index (κ2) is 6.25. The fourth-order valence-electron chi connectivity index (χ4n) is 1.23. The predicted molar refractivity (Wildman–Crippen MR) is 60.3 cm³/mol. The number of halogens is 3. The highest BCUT2D eigenvalue weighted by Gasteiger charge is 2.32. The molecular formula is C11H13F3N2O2. The minimum Gasteiger partial charge on any atom is -0.404 e. The summed E-state index contributed by atoms with van der Waals surface area (Å²) in [6.45, 7) is 0.439. The summed E-state index contributed by atoms with van der Waals surface area (Å²) in [5, 5.41) is 5.13. The Balaban J connectivity index is 2.73. The zero-order valence-electron chi connectivity index (χ0n) is 9.67. The van der Waals surface area contributed by atoms with Gasteiger partial charge in [-0.25, -0.2) is 0 Å². The third-order valence-corrected chi connectivity index (χ3v) is 1.99. The third kappa shape index (κ3) is 5.05. The number of anilines is 1.